The standard InChI is InChI=1S/C13H17BrO/c1-9(2)7-12(14)10-3-4-13-11(8-10)5-6-15-13/h3-4,8-9,12H,5-7H2,1-2H3. The van der Waals surface area contributed by atoms with Gasteiger partial charge in [-0.05, 0) is 29.5 Å². The highest BCUT2D eigenvalue weighted by Crippen LogP contribution is 2.34. The molecule has 0 saturated heterocycles. The van der Waals surface area contributed by atoms with Gasteiger partial charge in [0.2, 0.25) is 0 Å². The van der Waals surface area contributed by atoms with E-state index in [-0.39, 0.29) is 0 Å². The molecule has 1 aliphatic rings. The summed E-state index contributed by atoms with van der Waals surface area (Å²) >= 11 is 3.75. The van der Waals surface area contributed by atoms with Crippen molar-refractivity contribution >= 4 is 15.9 Å². The summed E-state index contributed by atoms with van der Waals surface area (Å²) in [4.78, 5) is 0.475. The summed E-state index contributed by atoms with van der Waals surface area (Å²) in [6, 6.07) is 6.56. The fourth-order valence-corrected chi connectivity index (χ4v) is 2.98. The Labute approximate surface area is 100.0 Å². The van der Waals surface area contributed by atoms with E-state index in [0.29, 0.717) is 4.83 Å². The van der Waals surface area contributed by atoms with E-state index in [1.165, 1.54) is 17.5 Å². The van der Waals surface area contributed by atoms with Crippen molar-refractivity contribution < 1.29 is 4.74 Å². The van der Waals surface area contributed by atoms with Gasteiger partial charge in [0, 0.05) is 11.2 Å². The number of alkyl halides is 1. The molecule has 0 aromatic heterocycles. The van der Waals surface area contributed by atoms with Gasteiger partial charge in [-0.1, -0.05) is 41.9 Å². The third-order valence-corrected chi connectivity index (χ3v) is 3.66. The molecule has 15 heavy (non-hydrogen) atoms. The van der Waals surface area contributed by atoms with Crippen molar-refractivity contribution in [3.05, 3.63) is 29.3 Å². The van der Waals surface area contributed by atoms with Gasteiger partial charge in [-0.3, -0.25) is 0 Å². The van der Waals surface area contributed by atoms with Crippen LogP contribution in [0.3, 0.4) is 0 Å². The van der Waals surface area contributed by atoms with Gasteiger partial charge in [0.05, 0.1) is 6.61 Å². The van der Waals surface area contributed by atoms with Crippen LogP contribution < -0.4 is 4.74 Å². The molecule has 1 aliphatic heterocycles. The van der Waals surface area contributed by atoms with Crippen LogP contribution >= 0.6 is 15.9 Å². The second kappa shape index (κ2) is 4.56. The maximum absolute atomic E-state index is 5.50. The molecule has 82 valence electrons. The quantitative estimate of drug-likeness (QED) is 0.750. The number of rotatable bonds is 3. The van der Waals surface area contributed by atoms with Gasteiger partial charge in [0.1, 0.15) is 5.75 Å². The van der Waals surface area contributed by atoms with Crippen LogP contribution in [0.1, 0.15) is 36.2 Å². The van der Waals surface area contributed by atoms with Gasteiger partial charge >= 0.3 is 0 Å². The smallest absolute Gasteiger partial charge is 0.122 e. The first-order chi connectivity index (χ1) is 7.16. The summed E-state index contributed by atoms with van der Waals surface area (Å²) in [7, 11) is 0. The zero-order chi connectivity index (χ0) is 10.8. The van der Waals surface area contributed by atoms with Gasteiger partial charge in [-0.15, -0.1) is 0 Å². The minimum absolute atomic E-state index is 0.475. The Hall–Kier alpha value is -0.500. The first-order valence-electron chi connectivity index (χ1n) is 5.56. The third kappa shape index (κ3) is 2.54. The molecule has 2 rings (SSSR count). The van der Waals surface area contributed by atoms with Gasteiger partial charge in [-0.2, -0.15) is 0 Å². The van der Waals surface area contributed by atoms with Crippen molar-refractivity contribution in [3.63, 3.8) is 0 Å². The Balaban J connectivity index is 2.15. The van der Waals surface area contributed by atoms with Gasteiger partial charge in [-0.25, -0.2) is 0 Å². The highest BCUT2D eigenvalue weighted by atomic mass is 79.9. The van der Waals surface area contributed by atoms with Crippen molar-refractivity contribution in [1.29, 1.82) is 0 Å². The van der Waals surface area contributed by atoms with Crippen LogP contribution in [0.15, 0.2) is 18.2 Å². The first kappa shape index (κ1) is 11.0. The van der Waals surface area contributed by atoms with E-state index in [1.807, 2.05) is 0 Å². The molecule has 0 bridgehead atoms. The largest absolute Gasteiger partial charge is 0.493 e. The van der Waals surface area contributed by atoms with Crippen LogP contribution in [-0.2, 0) is 6.42 Å². The van der Waals surface area contributed by atoms with Gasteiger partial charge in [0.15, 0.2) is 0 Å². The number of hydrogen-bond acceptors (Lipinski definition) is 1. The highest BCUT2D eigenvalue weighted by molar-refractivity contribution is 9.09. The van der Waals surface area contributed by atoms with Crippen LogP contribution in [0, 0.1) is 5.92 Å². The summed E-state index contributed by atoms with van der Waals surface area (Å²) < 4.78 is 5.50. The summed E-state index contributed by atoms with van der Waals surface area (Å²) in [6.07, 6.45) is 2.24. The summed E-state index contributed by atoms with van der Waals surface area (Å²) in [5.41, 5.74) is 2.74. The van der Waals surface area contributed by atoms with Crippen molar-refractivity contribution in [2.75, 3.05) is 6.61 Å². The lowest BCUT2D eigenvalue weighted by atomic mass is 10.0. The highest BCUT2D eigenvalue weighted by Gasteiger charge is 2.15. The Kier molecular flexibility index (Phi) is 3.35. The molecule has 0 saturated carbocycles. The SMILES string of the molecule is CC(C)CC(Br)c1ccc2c(c1)CCO2. The molecule has 0 spiro atoms. The molecule has 0 amide bonds. The van der Waals surface area contributed by atoms with Crippen LogP contribution in [0.2, 0.25) is 0 Å². The number of hydrogen-bond donors (Lipinski definition) is 0. The Morgan fingerprint density at radius 3 is 2.93 bits per heavy atom. The number of benzene rings is 1. The number of halogens is 1. The molecule has 1 aromatic rings. The van der Waals surface area contributed by atoms with Crippen LogP contribution in [-0.4, -0.2) is 6.61 Å². The summed E-state index contributed by atoms with van der Waals surface area (Å²) in [5.74, 6) is 1.79. The second-order valence-corrected chi connectivity index (χ2v) is 5.67. The topological polar surface area (TPSA) is 9.23 Å². The predicted molar refractivity (Wildman–Crippen MR) is 66.8 cm³/mol. The van der Waals surface area contributed by atoms with E-state index in [4.69, 9.17) is 4.74 Å². The second-order valence-electron chi connectivity index (χ2n) is 4.56. The lowest BCUT2D eigenvalue weighted by Crippen LogP contribution is -1.96. The molecular weight excluding hydrogens is 252 g/mol. The fraction of sp³-hybridized carbons (Fsp3) is 0.538. The van der Waals surface area contributed by atoms with Crippen molar-refractivity contribution in [2.24, 2.45) is 5.92 Å². The van der Waals surface area contributed by atoms with E-state index in [9.17, 15) is 0 Å². The lowest BCUT2D eigenvalue weighted by molar-refractivity contribution is 0.357. The molecule has 0 aliphatic carbocycles. The molecule has 1 unspecified atom stereocenters. The minimum atomic E-state index is 0.475. The zero-order valence-electron chi connectivity index (χ0n) is 9.29. The Morgan fingerprint density at radius 2 is 2.20 bits per heavy atom. The maximum Gasteiger partial charge on any atom is 0.122 e. The van der Waals surface area contributed by atoms with Crippen molar-refractivity contribution in [2.45, 2.75) is 31.5 Å². The maximum atomic E-state index is 5.50. The molecule has 0 fully saturated rings. The minimum Gasteiger partial charge on any atom is -0.493 e. The van der Waals surface area contributed by atoms with E-state index < -0.39 is 0 Å². The average Bonchev–Trinajstić information content (AvgIpc) is 2.62. The molecule has 1 heterocycles. The van der Waals surface area contributed by atoms with Gasteiger partial charge < -0.3 is 4.74 Å². The van der Waals surface area contributed by atoms with Crippen LogP contribution in [0.25, 0.3) is 0 Å². The lowest BCUT2D eigenvalue weighted by Gasteiger charge is -2.13. The normalized spacial score (nSPS) is 16.3. The molecule has 1 atom stereocenters. The summed E-state index contributed by atoms with van der Waals surface area (Å²) in [5, 5.41) is 0. The first-order valence-corrected chi connectivity index (χ1v) is 6.48. The predicted octanol–water partition coefficient (Wildman–Crippen LogP) is 4.10. The van der Waals surface area contributed by atoms with Gasteiger partial charge in [0.25, 0.3) is 0 Å². The Morgan fingerprint density at radius 1 is 1.40 bits per heavy atom. The fourth-order valence-electron chi connectivity index (χ4n) is 1.95. The van der Waals surface area contributed by atoms with E-state index in [1.54, 1.807) is 0 Å². The van der Waals surface area contributed by atoms with Crippen LogP contribution in [0.4, 0.5) is 0 Å². The average molecular weight is 269 g/mol. The number of ether oxygens (including phenoxy) is 1. The van der Waals surface area contributed by atoms with E-state index in [0.717, 1.165) is 24.7 Å². The van der Waals surface area contributed by atoms with Crippen molar-refractivity contribution in [1.82, 2.24) is 0 Å². The zero-order valence-corrected chi connectivity index (χ0v) is 10.9. The van der Waals surface area contributed by atoms with E-state index in [2.05, 4.69) is 48.0 Å². The monoisotopic (exact) mass is 268 g/mol. The molecule has 2 heteroatoms. The van der Waals surface area contributed by atoms with Crippen LogP contribution in [0.5, 0.6) is 5.75 Å². The summed E-state index contributed by atoms with van der Waals surface area (Å²) in [6.45, 7) is 5.35. The molecular formula is C13H17BrO. The molecule has 0 radical (unpaired) electrons. The van der Waals surface area contributed by atoms with E-state index >= 15 is 0 Å². The van der Waals surface area contributed by atoms with Crippen molar-refractivity contribution in [3.8, 4) is 5.75 Å². The third-order valence-electron chi connectivity index (χ3n) is 2.75. The molecule has 1 nitrogen and oxygen atoms in total. The molecule has 0 N–H and O–H groups in total. The number of fused-ring (bicyclic) bond motifs is 1. The molecule has 1 aromatic carbocycles. The Bertz CT molecular complexity index is 346.